The van der Waals surface area contributed by atoms with Crippen LogP contribution in [0.3, 0.4) is 0 Å². The number of nitrogens with one attached hydrogen (secondary N) is 1. The normalized spacial score (nSPS) is 15.7. The standard InChI is InChI=1S/C21H28N2O3.H2S/c24-9-3-11-25-10-2-5-17-4-1-6-18(12-17)19-13-21(15-22-14-19)26-16-20-7-8-23-20;/h1,4,6,12-15,20,23-24H,2-3,5,7-11,16H2;1H2/t20-;/m0./s1. The fraction of sp³-hybridized carbons (Fsp3) is 0.476. The summed E-state index contributed by atoms with van der Waals surface area (Å²) in [5, 5.41) is 12.1. The molecule has 1 aliphatic heterocycles. The summed E-state index contributed by atoms with van der Waals surface area (Å²) < 4.78 is 11.3. The van der Waals surface area contributed by atoms with Crippen molar-refractivity contribution in [3.63, 3.8) is 0 Å². The Labute approximate surface area is 168 Å². The molecule has 6 heteroatoms. The van der Waals surface area contributed by atoms with E-state index in [-0.39, 0.29) is 20.1 Å². The molecule has 1 aromatic carbocycles. The fourth-order valence-electron chi connectivity index (χ4n) is 2.90. The number of rotatable bonds is 11. The molecule has 0 bridgehead atoms. The van der Waals surface area contributed by atoms with E-state index in [4.69, 9.17) is 14.6 Å². The number of aliphatic hydroxyl groups excluding tert-OH is 1. The van der Waals surface area contributed by atoms with Gasteiger partial charge in [0.15, 0.2) is 0 Å². The van der Waals surface area contributed by atoms with E-state index in [9.17, 15) is 0 Å². The predicted molar refractivity (Wildman–Crippen MR) is 113 cm³/mol. The number of aryl methyl sites for hydroxylation is 1. The molecular weight excluding hydrogens is 360 g/mol. The average molecular weight is 391 g/mol. The highest BCUT2D eigenvalue weighted by Crippen LogP contribution is 2.24. The summed E-state index contributed by atoms with van der Waals surface area (Å²) in [5.41, 5.74) is 3.52. The van der Waals surface area contributed by atoms with Gasteiger partial charge in [-0.3, -0.25) is 4.98 Å². The molecule has 148 valence electrons. The van der Waals surface area contributed by atoms with E-state index in [2.05, 4.69) is 40.6 Å². The van der Waals surface area contributed by atoms with Crippen LogP contribution in [0.1, 0.15) is 24.8 Å². The van der Waals surface area contributed by atoms with Gasteiger partial charge in [-0.25, -0.2) is 0 Å². The van der Waals surface area contributed by atoms with Crippen LogP contribution in [0.25, 0.3) is 11.1 Å². The van der Waals surface area contributed by atoms with Crippen molar-refractivity contribution >= 4 is 13.5 Å². The minimum Gasteiger partial charge on any atom is -0.490 e. The number of ether oxygens (including phenoxy) is 2. The van der Waals surface area contributed by atoms with Crippen molar-refractivity contribution in [2.24, 2.45) is 0 Å². The Morgan fingerprint density at radius 1 is 1.11 bits per heavy atom. The number of nitrogens with zero attached hydrogens (tertiary/aromatic N) is 1. The molecule has 0 unspecified atom stereocenters. The van der Waals surface area contributed by atoms with Gasteiger partial charge in [0, 0.05) is 37.6 Å². The highest BCUT2D eigenvalue weighted by atomic mass is 32.1. The lowest BCUT2D eigenvalue weighted by atomic mass is 10.0. The Hall–Kier alpha value is -1.60. The van der Waals surface area contributed by atoms with Crippen LogP contribution in [-0.4, -0.2) is 49.1 Å². The van der Waals surface area contributed by atoms with E-state index in [1.54, 1.807) is 6.20 Å². The SMILES string of the molecule is OCCCOCCCc1cccc(-c2cncc(OC[C@@H]3CCN3)c2)c1.S. The van der Waals surface area contributed by atoms with Crippen molar-refractivity contribution in [3.05, 3.63) is 48.3 Å². The van der Waals surface area contributed by atoms with Crippen molar-refractivity contribution in [2.75, 3.05) is 33.0 Å². The molecule has 0 amide bonds. The third-order valence-electron chi connectivity index (χ3n) is 4.55. The maximum Gasteiger partial charge on any atom is 0.138 e. The van der Waals surface area contributed by atoms with Crippen LogP contribution in [0.4, 0.5) is 0 Å². The van der Waals surface area contributed by atoms with Crippen LogP contribution in [0.2, 0.25) is 0 Å². The van der Waals surface area contributed by atoms with Crippen molar-refractivity contribution in [1.82, 2.24) is 10.3 Å². The molecule has 5 nitrogen and oxygen atoms in total. The monoisotopic (exact) mass is 390 g/mol. The summed E-state index contributed by atoms with van der Waals surface area (Å²) >= 11 is 0. The number of aliphatic hydroxyl groups is 1. The zero-order chi connectivity index (χ0) is 18.0. The number of aromatic nitrogens is 1. The molecular formula is C21H30N2O3S. The summed E-state index contributed by atoms with van der Waals surface area (Å²) in [4.78, 5) is 4.33. The quantitative estimate of drug-likeness (QED) is 0.578. The molecule has 2 aromatic rings. The zero-order valence-electron chi connectivity index (χ0n) is 15.7. The molecule has 0 aliphatic carbocycles. The Bertz CT molecular complexity index is 680. The Morgan fingerprint density at radius 3 is 2.74 bits per heavy atom. The second kappa shape index (κ2) is 12.0. The molecule has 1 fully saturated rings. The molecule has 0 saturated carbocycles. The second-order valence-corrected chi connectivity index (χ2v) is 6.65. The molecule has 1 aliphatic rings. The van der Waals surface area contributed by atoms with Crippen LogP contribution in [0, 0.1) is 0 Å². The minimum atomic E-state index is 0. The highest BCUT2D eigenvalue weighted by Gasteiger charge is 2.16. The van der Waals surface area contributed by atoms with E-state index in [0.29, 0.717) is 25.7 Å². The van der Waals surface area contributed by atoms with Crippen LogP contribution in [0.15, 0.2) is 42.7 Å². The van der Waals surface area contributed by atoms with Gasteiger partial charge in [-0.1, -0.05) is 24.3 Å². The third-order valence-corrected chi connectivity index (χ3v) is 4.55. The molecule has 3 rings (SSSR count). The lowest BCUT2D eigenvalue weighted by Crippen LogP contribution is -2.46. The number of benzene rings is 1. The summed E-state index contributed by atoms with van der Waals surface area (Å²) in [6.07, 6.45) is 7.49. The zero-order valence-corrected chi connectivity index (χ0v) is 16.7. The molecule has 2 heterocycles. The molecule has 1 atom stereocenters. The minimum absolute atomic E-state index is 0. The lowest BCUT2D eigenvalue weighted by Gasteiger charge is -2.27. The highest BCUT2D eigenvalue weighted by molar-refractivity contribution is 7.59. The maximum absolute atomic E-state index is 8.74. The molecule has 0 radical (unpaired) electrons. The van der Waals surface area contributed by atoms with Crippen molar-refractivity contribution < 1.29 is 14.6 Å². The van der Waals surface area contributed by atoms with E-state index in [1.165, 1.54) is 12.0 Å². The van der Waals surface area contributed by atoms with Crippen molar-refractivity contribution in [2.45, 2.75) is 31.7 Å². The first-order chi connectivity index (χ1) is 12.8. The van der Waals surface area contributed by atoms with Gasteiger partial charge in [0.2, 0.25) is 0 Å². The summed E-state index contributed by atoms with van der Waals surface area (Å²) in [5.74, 6) is 0.818. The second-order valence-electron chi connectivity index (χ2n) is 6.65. The van der Waals surface area contributed by atoms with Crippen LogP contribution in [0.5, 0.6) is 5.75 Å². The summed E-state index contributed by atoms with van der Waals surface area (Å²) in [6.45, 7) is 3.33. The maximum atomic E-state index is 8.74. The number of pyridine rings is 1. The largest absolute Gasteiger partial charge is 0.490 e. The first-order valence-electron chi connectivity index (χ1n) is 9.44. The molecule has 0 spiro atoms. The molecule has 1 aromatic heterocycles. The van der Waals surface area contributed by atoms with E-state index >= 15 is 0 Å². The first-order valence-corrected chi connectivity index (χ1v) is 9.44. The smallest absolute Gasteiger partial charge is 0.138 e. The third kappa shape index (κ3) is 7.14. The summed E-state index contributed by atoms with van der Waals surface area (Å²) in [6, 6.07) is 11.1. The van der Waals surface area contributed by atoms with Crippen LogP contribution < -0.4 is 10.1 Å². The topological polar surface area (TPSA) is 63.6 Å². The van der Waals surface area contributed by atoms with Gasteiger partial charge in [0.1, 0.15) is 12.4 Å². The Morgan fingerprint density at radius 2 is 1.96 bits per heavy atom. The van der Waals surface area contributed by atoms with E-state index < -0.39 is 0 Å². The molecule has 27 heavy (non-hydrogen) atoms. The first kappa shape index (κ1) is 21.7. The van der Waals surface area contributed by atoms with Crippen LogP contribution in [-0.2, 0) is 11.2 Å². The number of hydrogen-bond acceptors (Lipinski definition) is 5. The van der Waals surface area contributed by atoms with Gasteiger partial charge >= 0.3 is 0 Å². The van der Waals surface area contributed by atoms with Gasteiger partial charge in [0.25, 0.3) is 0 Å². The molecule has 1 saturated heterocycles. The van der Waals surface area contributed by atoms with Gasteiger partial charge in [-0.2, -0.15) is 13.5 Å². The summed E-state index contributed by atoms with van der Waals surface area (Å²) in [7, 11) is 0. The van der Waals surface area contributed by atoms with Gasteiger partial charge < -0.3 is 19.9 Å². The Balaban J connectivity index is 0.00000261. The van der Waals surface area contributed by atoms with Crippen molar-refractivity contribution in [3.8, 4) is 16.9 Å². The van der Waals surface area contributed by atoms with E-state index in [1.807, 2.05) is 6.20 Å². The van der Waals surface area contributed by atoms with Crippen LogP contribution >= 0.6 is 13.5 Å². The van der Waals surface area contributed by atoms with Gasteiger partial charge in [-0.15, -0.1) is 0 Å². The van der Waals surface area contributed by atoms with Gasteiger partial charge in [0.05, 0.1) is 6.20 Å². The van der Waals surface area contributed by atoms with E-state index in [0.717, 1.165) is 42.9 Å². The number of hydrogen-bond donors (Lipinski definition) is 2. The Kier molecular flexibility index (Phi) is 9.62. The predicted octanol–water partition coefficient (Wildman–Crippen LogP) is 2.93. The average Bonchev–Trinajstić information content (AvgIpc) is 2.64. The molecule has 2 N–H and O–H groups in total. The lowest BCUT2D eigenvalue weighted by molar-refractivity contribution is 0.114. The van der Waals surface area contributed by atoms with Crippen molar-refractivity contribution in [1.29, 1.82) is 0 Å². The van der Waals surface area contributed by atoms with Gasteiger partial charge in [-0.05, 0) is 49.4 Å². The fourth-order valence-corrected chi connectivity index (χ4v) is 2.90.